The van der Waals surface area contributed by atoms with Gasteiger partial charge in [0.2, 0.25) is 0 Å². The largest absolute Gasteiger partial charge is 0.374 e. The quantitative estimate of drug-likeness (QED) is 0.815. The summed E-state index contributed by atoms with van der Waals surface area (Å²) in [6.07, 6.45) is 5.02. The zero-order valence-corrected chi connectivity index (χ0v) is 11.5. The Morgan fingerprint density at radius 2 is 2.00 bits per heavy atom. The summed E-state index contributed by atoms with van der Waals surface area (Å²) < 4.78 is 5.88. The van der Waals surface area contributed by atoms with Gasteiger partial charge in [0.25, 0.3) is 0 Å². The number of nitrogens with one attached hydrogen (secondary N) is 1. The van der Waals surface area contributed by atoms with Crippen LogP contribution in [0.1, 0.15) is 26.2 Å². The zero-order chi connectivity index (χ0) is 12.1. The van der Waals surface area contributed by atoms with Crippen molar-refractivity contribution in [2.45, 2.75) is 38.3 Å². The summed E-state index contributed by atoms with van der Waals surface area (Å²) in [4.78, 5) is 2.51. The van der Waals surface area contributed by atoms with E-state index in [9.17, 15) is 0 Å². The Balaban J connectivity index is 1.25. The van der Waals surface area contributed by atoms with Crippen molar-refractivity contribution in [2.24, 2.45) is 23.7 Å². The Morgan fingerprint density at radius 3 is 2.72 bits per heavy atom. The molecule has 5 atom stereocenters. The van der Waals surface area contributed by atoms with Gasteiger partial charge in [0.1, 0.15) is 0 Å². The molecule has 3 nitrogen and oxygen atoms in total. The van der Waals surface area contributed by atoms with Gasteiger partial charge in [0.05, 0.1) is 12.7 Å². The normalized spacial score (nSPS) is 50.5. The summed E-state index contributed by atoms with van der Waals surface area (Å²) in [7, 11) is 0. The first-order valence-corrected chi connectivity index (χ1v) is 7.94. The Morgan fingerprint density at radius 1 is 1.22 bits per heavy atom. The van der Waals surface area contributed by atoms with Crippen molar-refractivity contribution < 1.29 is 4.74 Å². The summed E-state index contributed by atoms with van der Waals surface area (Å²) in [5.74, 6) is 4.26. The number of ether oxygens (including phenoxy) is 1. The monoisotopic (exact) mass is 250 g/mol. The maximum atomic E-state index is 5.88. The van der Waals surface area contributed by atoms with Crippen LogP contribution in [0.3, 0.4) is 0 Å². The molecule has 0 aromatic carbocycles. The standard InChI is InChI=1S/C15H26N2O/c1-2-17-5-6-18-12(9-17)8-16-15-13-10-3-4-11(7-10)14(13)15/h10-16H,2-9H2,1H3. The molecule has 4 rings (SSSR count). The molecule has 0 amide bonds. The molecule has 4 aliphatic rings. The molecule has 0 spiro atoms. The number of hydrogen-bond acceptors (Lipinski definition) is 3. The molecule has 1 aliphatic heterocycles. The van der Waals surface area contributed by atoms with Crippen molar-refractivity contribution in [2.75, 3.05) is 32.8 Å². The summed E-state index contributed by atoms with van der Waals surface area (Å²) in [5, 5.41) is 3.82. The van der Waals surface area contributed by atoms with E-state index in [1.807, 2.05) is 0 Å². The average Bonchev–Trinajstić information content (AvgIpc) is 2.80. The van der Waals surface area contributed by atoms with Gasteiger partial charge < -0.3 is 10.1 Å². The van der Waals surface area contributed by atoms with E-state index < -0.39 is 0 Å². The molecular formula is C15H26N2O. The van der Waals surface area contributed by atoms with E-state index >= 15 is 0 Å². The van der Waals surface area contributed by atoms with Crippen LogP contribution in [-0.2, 0) is 4.74 Å². The summed E-state index contributed by atoms with van der Waals surface area (Å²) in [6, 6.07) is 0.858. The Hall–Kier alpha value is -0.120. The molecule has 1 heterocycles. The molecule has 2 bridgehead atoms. The minimum atomic E-state index is 0.428. The molecule has 18 heavy (non-hydrogen) atoms. The number of nitrogens with zero attached hydrogens (tertiary/aromatic N) is 1. The molecule has 3 saturated carbocycles. The predicted octanol–water partition coefficient (Wildman–Crippen LogP) is 1.34. The van der Waals surface area contributed by atoms with E-state index in [2.05, 4.69) is 17.1 Å². The van der Waals surface area contributed by atoms with Crippen LogP contribution >= 0.6 is 0 Å². The van der Waals surface area contributed by atoms with Crippen LogP contribution in [0.2, 0.25) is 0 Å². The lowest BCUT2D eigenvalue weighted by molar-refractivity contribution is -0.0257. The van der Waals surface area contributed by atoms with Crippen LogP contribution in [0.15, 0.2) is 0 Å². The first kappa shape index (κ1) is 11.7. The van der Waals surface area contributed by atoms with Gasteiger partial charge in [0, 0.05) is 25.7 Å². The van der Waals surface area contributed by atoms with Gasteiger partial charge in [-0.25, -0.2) is 0 Å². The van der Waals surface area contributed by atoms with Crippen LogP contribution in [0.25, 0.3) is 0 Å². The topological polar surface area (TPSA) is 24.5 Å². The third-order valence-electron chi connectivity index (χ3n) is 5.99. The van der Waals surface area contributed by atoms with Crippen molar-refractivity contribution >= 4 is 0 Å². The number of rotatable bonds is 4. The molecular weight excluding hydrogens is 224 g/mol. The van der Waals surface area contributed by atoms with Crippen molar-refractivity contribution in [3.8, 4) is 0 Å². The summed E-state index contributed by atoms with van der Waals surface area (Å²) in [5.41, 5.74) is 0. The lowest BCUT2D eigenvalue weighted by atomic mass is 10.0. The van der Waals surface area contributed by atoms with E-state index in [-0.39, 0.29) is 0 Å². The second kappa shape index (κ2) is 4.46. The highest BCUT2D eigenvalue weighted by molar-refractivity contribution is 5.16. The molecule has 0 aromatic heterocycles. The highest BCUT2D eigenvalue weighted by Crippen LogP contribution is 2.65. The molecule has 1 saturated heterocycles. The van der Waals surface area contributed by atoms with Gasteiger partial charge in [-0.1, -0.05) is 6.92 Å². The van der Waals surface area contributed by atoms with Gasteiger partial charge in [-0.2, -0.15) is 0 Å². The molecule has 102 valence electrons. The molecule has 3 heteroatoms. The summed E-state index contributed by atoms with van der Waals surface area (Å²) in [6.45, 7) is 7.65. The van der Waals surface area contributed by atoms with Gasteiger partial charge in [-0.15, -0.1) is 0 Å². The van der Waals surface area contributed by atoms with E-state index in [4.69, 9.17) is 4.74 Å². The third kappa shape index (κ3) is 1.83. The molecule has 1 N–H and O–H groups in total. The molecule has 5 unspecified atom stereocenters. The minimum Gasteiger partial charge on any atom is -0.374 e. The second-order valence-electron chi connectivity index (χ2n) is 6.81. The minimum absolute atomic E-state index is 0.428. The first-order valence-electron chi connectivity index (χ1n) is 7.94. The molecule has 4 fully saturated rings. The zero-order valence-electron chi connectivity index (χ0n) is 11.5. The number of hydrogen-bond donors (Lipinski definition) is 1. The molecule has 3 aliphatic carbocycles. The lowest BCUT2D eigenvalue weighted by Crippen LogP contribution is -2.47. The Bertz CT molecular complexity index is 306. The lowest BCUT2D eigenvalue weighted by Gasteiger charge is -2.32. The van der Waals surface area contributed by atoms with Crippen LogP contribution < -0.4 is 5.32 Å². The van der Waals surface area contributed by atoms with E-state index in [1.54, 1.807) is 6.42 Å². The maximum absolute atomic E-state index is 5.88. The Labute approximate surface area is 110 Å². The van der Waals surface area contributed by atoms with Crippen LogP contribution in [-0.4, -0.2) is 49.8 Å². The van der Waals surface area contributed by atoms with E-state index in [1.165, 1.54) is 19.4 Å². The molecule has 0 radical (unpaired) electrons. The van der Waals surface area contributed by atoms with Gasteiger partial charge >= 0.3 is 0 Å². The van der Waals surface area contributed by atoms with Gasteiger partial charge in [0.15, 0.2) is 0 Å². The summed E-state index contributed by atoms with van der Waals surface area (Å²) >= 11 is 0. The smallest absolute Gasteiger partial charge is 0.0826 e. The number of likely N-dealkylation sites (N-methyl/N-ethyl adjacent to an activating group) is 1. The van der Waals surface area contributed by atoms with Crippen molar-refractivity contribution in [1.29, 1.82) is 0 Å². The number of fused-ring (bicyclic) bond motifs is 5. The maximum Gasteiger partial charge on any atom is 0.0826 e. The van der Waals surface area contributed by atoms with E-state index in [0.29, 0.717) is 6.10 Å². The predicted molar refractivity (Wildman–Crippen MR) is 71.5 cm³/mol. The fraction of sp³-hybridized carbons (Fsp3) is 1.00. The van der Waals surface area contributed by atoms with Crippen molar-refractivity contribution in [3.05, 3.63) is 0 Å². The fourth-order valence-electron chi connectivity index (χ4n) is 5.06. The fourth-order valence-corrected chi connectivity index (χ4v) is 5.06. The van der Waals surface area contributed by atoms with Crippen LogP contribution in [0.4, 0.5) is 0 Å². The SMILES string of the molecule is CCN1CCOC(CNC2C3C4CCC(C4)C23)C1. The van der Waals surface area contributed by atoms with Crippen LogP contribution in [0, 0.1) is 23.7 Å². The highest BCUT2D eigenvalue weighted by atomic mass is 16.5. The third-order valence-corrected chi connectivity index (χ3v) is 5.99. The Kier molecular flexibility index (Phi) is 2.90. The first-order chi connectivity index (χ1) is 8.86. The van der Waals surface area contributed by atoms with Gasteiger partial charge in [-0.3, -0.25) is 4.90 Å². The average molecular weight is 250 g/mol. The van der Waals surface area contributed by atoms with Crippen LogP contribution in [0.5, 0.6) is 0 Å². The van der Waals surface area contributed by atoms with E-state index in [0.717, 1.165) is 56.0 Å². The highest BCUT2D eigenvalue weighted by Gasteiger charge is 2.64. The second-order valence-corrected chi connectivity index (χ2v) is 6.81. The molecule has 0 aromatic rings. The van der Waals surface area contributed by atoms with Gasteiger partial charge in [-0.05, 0) is 49.5 Å². The van der Waals surface area contributed by atoms with Crippen molar-refractivity contribution in [1.82, 2.24) is 10.2 Å². The number of morpholine rings is 1. The van der Waals surface area contributed by atoms with Crippen molar-refractivity contribution in [3.63, 3.8) is 0 Å².